The van der Waals surface area contributed by atoms with Gasteiger partial charge < -0.3 is 5.32 Å². The summed E-state index contributed by atoms with van der Waals surface area (Å²) in [5.74, 6) is 1.19. The minimum Gasteiger partial charge on any atom is -0.362 e. The van der Waals surface area contributed by atoms with Crippen molar-refractivity contribution in [1.29, 1.82) is 0 Å². The predicted octanol–water partition coefficient (Wildman–Crippen LogP) is 3.60. The summed E-state index contributed by atoms with van der Waals surface area (Å²) in [6.45, 7) is 17.9. The molecule has 1 fully saturated rings. The van der Waals surface area contributed by atoms with Gasteiger partial charge in [0.2, 0.25) is 0 Å². The van der Waals surface area contributed by atoms with E-state index >= 15 is 0 Å². The lowest BCUT2D eigenvalue weighted by Crippen LogP contribution is -2.46. The molecule has 0 spiro atoms. The van der Waals surface area contributed by atoms with Crippen molar-refractivity contribution in [1.82, 2.24) is 10.2 Å². The van der Waals surface area contributed by atoms with Crippen LogP contribution in [0.2, 0.25) is 0 Å². The first-order valence-corrected chi connectivity index (χ1v) is 8.90. The van der Waals surface area contributed by atoms with Crippen LogP contribution in [-0.2, 0) is 0 Å². The van der Waals surface area contributed by atoms with Crippen molar-refractivity contribution in [3.8, 4) is 0 Å². The molecule has 0 saturated carbocycles. The number of thioether (sulfide) groups is 1. The zero-order valence-electron chi connectivity index (χ0n) is 14.4. The number of nitrogens with zero attached hydrogens (tertiary/aromatic N) is 2. The van der Waals surface area contributed by atoms with Gasteiger partial charge in [-0.2, -0.15) is 0 Å². The van der Waals surface area contributed by atoms with Gasteiger partial charge in [0.05, 0.1) is 6.54 Å². The Labute approximate surface area is 130 Å². The maximum atomic E-state index is 4.78. The van der Waals surface area contributed by atoms with E-state index in [9.17, 15) is 0 Å². The highest BCUT2D eigenvalue weighted by Crippen LogP contribution is 2.27. The van der Waals surface area contributed by atoms with Gasteiger partial charge in [-0.1, -0.05) is 32.5 Å². The predicted molar refractivity (Wildman–Crippen MR) is 92.7 cm³/mol. The number of nitrogens with one attached hydrogen (secondary N) is 1. The molecule has 0 aromatic carbocycles. The Hall–Kier alpha value is -0.220. The lowest BCUT2D eigenvalue weighted by atomic mass is 9.85. The van der Waals surface area contributed by atoms with Gasteiger partial charge in [0, 0.05) is 30.4 Å². The second-order valence-corrected chi connectivity index (χ2v) is 8.40. The smallest absolute Gasteiger partial charge is 0.156 e. The normalized spacial score (nSPS) is 22.9. The van der Waals surface area contributed by atoms with Crippen molar-refractivity contribution in [3.05, 3.63) is 0 Å². The molecule has 0 aromatic heterocycles. The van der Waals surface area contributed by atoms with E-state index in [-0.39, 0.29) is 0 Å². The molecule has 1 rings (SSSR count). The second kappa shape index (κ2) is 7.69. The molecule has 0 radical (unpaired) electrons. The Morgan fingerprint density at radius 2 is 1.85 bits per heavy atom. The molecule has 1 heterocycles. The summed E-state index contributed by atoms with van der Waals surface area (Å²) < 4.78 is 0. The minimum absolute atomic E-state index is 0.309. The Bertz CT molecular complexity index is 310. The summed E-state index contributed by atoms with van der Waals surface area (Å²) in [4.78, 5) is 7.28. The Balaban J connectivity index is 2.49. The summed E-state index contributed by atoms with van der Waals surface area (Å²) >= 11 is 1.87. The molecule has 0 bridgehead atoms. The third-order valence-electron chi connectivity index (χ3n) is 3.93. The number of hydrogen-bond acceptors (Lipinski definition) is 3. The van der Waals surface area contributed by atoms with Crippen LogP contribution in [0.3, 0.4) is 0 Å². The van der Waals surface area contributed by atoms with Crippen molar-refractivity contribution in [2.75, 3.05) is 18.8 Å². The third-order valence-corrected chi connectivity index (χ3v) is 4.89. The van der Waals surface area contributed by atoms with E-state index in [1.165, 1.54) is 12.2 Å². The highest BCUT2D eigenvalue weighted by molar-refractivity contribution is 8.13. The number of aliphatic imine (C=N–C) groups is 1. The van der Waals surface area contributed by atoms with Crippen LogP contribution >= 0.6 is 11.8 Å². The van der Waals surface area contributed by atoms with E-state index in [1.54, 1.807) is 0 Å². The fraction of sp³-hybridized carbons (Fsp3) is 0.938. The average molecular weight is 300 g/mol. The fourth-order valence-corrected chi connectivity index (χ4v) is 3.61. The summed E-state index contributed by atoms with van der Waals surface area (Å²) in [5, 5.41) is 4.76. The number of hydrogen-bond donors (Lipinski definition) is 1. The van der Waals surface area contributed by atoms with Crippen molar-refractivity contribution in [3.63, 3.8) is 0 Å². The van der Waals surface area contributed by atoms with Crippen molar-refractivity contribution >= 4 is 16.9 Å². The highest BCUT2D eigenvalue weighted by Gasteiger charge is 2.28. The quantitative estimate of drug-likeness (QED) is 0.840. The first-order valence-electron chi connectivity index (χ1n) is 7.91. The van der Waals surface area contributed by atoms with Gasteiger partial charge in [-0.25, -0.2) is 0 Å². The maximum Gasteiger partial charge on any atom is 0.156 e. The molecule has 0 amide bonds. The standard InChI is InChI=1S/C16H33N3S/c1-12(2)19(13(3)4)10-9-17-15-18-14(8-11-20-15)16(5,6)7/h12-14H,8-11H2,1-7H3,(H,17,18). The van der Waals surface area contributed by atoms with Crippen LogP contribution in [0.15, 0.2) is 4.99 Å². The van der Waals surface area contributed by atoms with Gasteiger partial charge in [-0.05, 0) is 39.5 Å². The summed E-state index contributed by atoms with van der Waals surface area (Å²) in [6, 6.07) is 1.72. The maximum absolute atomic E-state index is 4.78. The Kier molecular flexibility index (Phi) is 6.86. The SMILES string of the molecule is CC(C)N(CCN=C1NC(C(C)(C)C)CCS1)C(C)C. The molecule has 3 nitrogen and oxygen atoms in total. The van der Waals surface area contributed by atoms with E-state index in [1.807, 2.05) is 11.8 Å². The van der Waals surface area contributed by atoms with Gasteiger partial charge in [0.25, 0.3) is 0 Å². The highest BCUT2D eigenvalue weighted by atomic mass is 32.2. The van der Waals surface area contributed by atoms with Crippen LogP contribution in [0.25, 0.3) is 0 Å². The Morgan fingerprint density at radius 1 is 1.25 bits per heavy atom. The molecular formula is C16H33N3S. The van der Waals surface area contributed by atoms with Crippen molar-refractivity contribution < 1.29 is 0 Å². The average Bonchev–Trinajstić information content (AvgIpc) is 2.33. The molecule has 20 heavy (non-hydrogen) atoms. The van der Waals surface area contributed by atoms with Gasteiger partial charge in [-0.3, -0.25) is 9.89 Å². The topological polar surface area (TPSA) is 27.6 Å². The van der Waals surface area contributed by atoms with E-state index in [4.69, 9.17) is 4.99 Å². The largest absolute Gasteiger partial charge is 0.362 e. The number of amidine groups is 1. The fourth-order valence-electron chi connectivity index (χ4n) is 2.66. The summed E-state index contributed by atoms with van der Waals surface area (Å²) in [6.07, 6.45) is 1.23. The number of rotatable bonds is 5. The molecule has 0 aliphatic carbocycles. The van der Waals surface area contributed by atoms with Crippen LogP contribution in [0, 0.1) is 5.41 Å². The Morgan fingerprint density at radius 3 is 2.35 bits per heavy atom. The molecule has 1 atom stereocenters. The molecule has 1 N–H and O–H groups in total. The molecule has 118 valence electrons. The zero-order chi connectivity index (χ0) is 15.3. The zero-order valence-corrected chi connectivity index (χ0v) is 15.2. The first kappa shape index (κ1) is 17.8. The molecule has 1 aliphatic heterocycles. The van der Waals surface area contributed by atoms with E-state index in [2.05, 4.69) is 58.7 Å². The van der Waals surface area contributed by atoms with Crippen LogP contribution in [0.5, 0.6) is 0 Å². The van der Waals surface area contributed by atoms with Crippen LogP contribution in [0.1, 0.15) is 54.9 Å². The van der Waals surface area contributed by atoms with Gasteiger partial charge in [-0.15, -0.1) is 0 Å². The summed E-state index contributed by atoms with van der Waals surface area (Å²) in [5.41, 5.74) is 0.309. The van der Waals surface area contributed by atoms with Gasteiger partial charge in [0.1, 0.15) is 0 Å². The second-order valence-electron chi connectivity index (χ2n) is 7.31. The van der Waals surface area contributed by atoms with Crippen molar-refractivity contribution in [2.24, 2.45) is 10.4 Å². The van der Waals surface area contributed by atoms with E-state index in [0.717, 1.165) is 18.3 Å². The van der Waals surface area contributed by atoms with Gasteiger partial charge >= 0.3 is 0 Å². The van der Waals surface area contributed by atoms with Crippen LogP contribution < -0.4 is 5.32 Å². The van der Waals surface area contributed by atoms with Gasteiger partial charge in [0.15, 0.2) is 5.17 Å². The molecule has 1 aliphatic rings. The lowest BCUT2D eigenvalue weighted by Gasteiger charge is -2.35. The van der Waals surface area contributed by atoms with Crippen LogP contribution in [0.4, 0.5) is 0 Å². The first-order chi connectivity index (χ1) is 9.21. The monoisotopic (exact) mass is 299 g/mol. The molecular weight excluding hydrogens is 266 g/mol. The molecule has 1 unspecified atom stereocenters. The van der Waals surface area contributed by atoms with E-state index in [0.29, 0.717) is 23.5 Å². The molecule has 4 heteroatoms. The molecule has 1 saturated heterocycles. The lowest BCUT2D eigenvalue weighted by molar-refractivity contribution is 0.181. The van der Waals surface area contributed by atoms with Crippen LogP contribution in [-0.4, -0.2) is 47.0 Å². The minimum atomic E-state index is 0.309. The summed E-state index contributed by atoms with van der Waals surface area (Å²) in [7, 11) is 0. The van der Waals surface area contributed by atoms with Crippen molar-refractivity contribution in [2.45, 2.75) is 73.0 Å². The molecule has 0 aromatic rings. The van der Waals surface area contributed by atoms with E-state index < -0.39 is 0 Å². The third kappa shape index (κ3) is 5.65.